The first-order chi connectivity index (χ1) is 8.36. The molecule has 0 bridgehead atoms. The zero-order valence-electron chi connectivity index (χ0n) is 10.3. The minimum atomic E-state index is -3.82. The molecule has 102 valence electrons. The van der Waals surface area contributed by atoms with E-state index in [1.807, 2.05) is 0 Å². The summed E-state index contributed by atoms with van der Waals surface area (Å²) < 4.78 is 28.7. The molecule has 0 amide bonds. The first-order valence-electron chi connectivity index (χ1n) is 5.64. The van der Waals surface area contributed by atoms with Crippen LogP contribution in [0.15, 0.2) is 17.2 Å². The van der Waals surface area contributed by atoms with Gasteiger partial charge in [0.05, 0.1) is 6.61 Å². The van der Waals surface area contributed by atoms with Crippen molar-refractivity contribution in [3.05, 3.63) is 18.0 Å². The van der Waals surface area contributed by atoms with E-state index in [1.54, 1.807) is 7.05 Å². The van der Waals surface area contributed by atoms with Gasteiger partial charge in [0.2, 0.25) is 0 Å². The molecule has 0 unspecified atom stereocenters. The molecule has 0 spiro atoms. The van der Waals surface area contributed by atoms with Crippen LogP contribution in [-0.4, -0.2) is 25.6 Å². The molecule has 1 aromatic rings. The van der Waals surface area contributed by atoms with Crippen LogP contribution in [0.25, 0.3) is 0 Å². The molecule has 0 aliphatic rings. The maximum Gasteiger partial charge on any atom is 0.354 e. The predicted octanol–water partition coefficient (Wildman–Crippen LogP) is 2.30. The molecule has 0 N–H and O–H groups in total. The normalized spacial score (nSPS) is 11.5. The van der Waals surface area contributed by atoms with Crippen molar-refractivity contribution in [3.8, 4) is 0 Å². The van der Waals surface area contributed by atoms with E-state index >= 15 is 0 Å². The zero-order valence-corrected chi connectivity index (χ0v) is 11.9. The van der Waals surface area contributed by atoms with E-state index in [4.69, 9.17) is 15.4 Å². The summed E-state index contributed by atoms with van der Waals surface area (Å²) in [5.41, 5.74) is 0.172. The predicted molar refractivity (Wildman–Crippen MR) is 68.3 cm³/mol. The van der Waals surface area contributed by atoms with Crippen LogP contribution in [0.1, 0.15) is 36.7 Å². The monoisotopic (exact) mass is 293 g/mol. The molecule has 18 heavy (non-hydrogen) atoms. The lowest BCUT2D eigenvalue weighted by molar-refractivity contribution is 0.0487. The second-order valence-corrected chi connectivity index (χ2v) is 6.52. The highest BCUT2D eigenvalue weighted by Gasteiger charge is 2.19. The molecule has 0 aliphatic carbocycles. The van der Waals surface area contributed by atoms with Crippen molar-refractivity contribution >= 4 is 25.7 Å². The largest absolute Gasteiger partial charge is 0.461 e. The molecule has 0 saturated carbocycles. The number of aromatic nitrogens is 1. The van der Waals surface area contributed by atoms with Gasteiger partial charge in [0.15, 0.2) is 0 Å². The average molecular weight is 294 g/mol. The van der Waals surface area contributed by atoms with Gasteiger partial charge in [-0.1, -0.05) is 19.8 Å². The van der Waals surface area contributed by atoms with E-state index in [2.05, 4.69) is 6.92 Å². The smallest absolute Gasteiger partial charge is 0.354 e. The molecule has 0 saturated heterocycles. The average Bonchev–Trinajstić information content (AvgIpc) is 2.66. The Labute approximate surface area is 111 Å². The van der Waals surface area contributed by atoms with Crippen LogP contribution in [0.2, 0.25) is 0 Å². The van der Waals surface area contributed by atoms with Gasteiger partial charge in [-0.3, -0.25) is 0 Å². The fourth-order valence-corrected chi connectivity index (χ4v) is 2.25. The summed E-state index contributed by atoms with van der Waals surface area (Å²) in [4.78, 5) is 11.6. The maximum atomic E-state index is 11.7. The molecule has 0 atom stereocenters. The number of esters is 1. The summed E-state index contributed by atoms with van der Waals surface area (Å²) in [6.45, 7) is 2.39. The molecule has 7 heteroatoms. The third kappa shape index (κ3) is 4.03. The number of ether oxygens (including phenoxy) is 1. The summed E-state index contributed by atoms with van der Waals surface area (Å²) in [6, 6.07) is 1.21. The number of hydrogen-bond donors (Lipinski definition) is 0. The van der Waals surface area contributed by atoms with Gasteiger partial charge in [-0.05, 0) is 12.5 Å². The fraction of sp³-hybridized carbons (Fsp3) is 0.545. The molecule has 1 heterocycles. The van der Waals surface area contributed by atoms with Gasteiger partial charge in [0, 0.05) is 23.9 Å². The minimum Gasteiger partial charge on any atom is -0.461 e. The van der Waals surface area contributed by atoms with Gasteiger partial charge < -0.3 is 9.30 Å². The zero-order chi connectivity index (χ0) is 13.8. The molecule has 0 aliphatic heterocycles. The van der Waals surface area contributed by atoms with E-state index < -0.39 is 15.0 Å². The van der Waals surface area contributed by atoms with E-state index in [1.165, 1.54) is 16.8 Å². The number of aryl methyl sites for hydroxylation is 1. The van der Waals surface area contributed by atoms with Crippen molar-refractivity contribution in [3.63, 3.8) is 0 Å². The third-order valence-electron chi connectivity index (χ3n) is 2.45. The molecule has 0 radical (unpaired) electrons. The van der Waals surface area contributed by atoms with Crippen LogP contribution in [0.3, 0.4) is 0 Å². The van der Waals surface area contributed by atoms with E-state index in [0.717, 1.165) is 19.3 Å². The number of rotatable bonds is 6. The first-order valence-corrected chi connectivity index (χ1v) is 7.95. The Kier molecular flexibility index (Phi) is 5.22. The molecule has 0 aromatic carbocycles. The number of carbonyl (C=O) groups is 1. The van der Waals surface area contributed by atoms with Crippen molar-refractivity contribution in [1.29, 1.82) is 0 Å². The van der Waals surface area contributed by atoms with Gasteiger partial charge in [0.25, 0.3) is 9.05 Å². The van der Waals surface area contributed by atoms with Crippen LogP contribution < -0.4 is 0 Å². The molecular formula is C11H16ClNO4S. The van der Waals surface area contributed by atoms with Gasteiger partial charge >= 0.3 is 5.97 Å². The lowest BCUT2D eigenvalue weighted by Crippen LogP contribution is -2.10. The summed E-state index contributed by atoms with van der Waals surface area (Å²) in [6.07, 6.45) is 4.11. The van der Waals surface area contributed by atoms with E-state index in [9.17, 15) is 13.2 Å². The quantitative estimate of drug-likeness (QED) is 0.458. The summed E-state index contributed by atoms with van der Waals surface area (Å²) >= 11 is 0. The SMILES string of the molecule is CCCCCOC(=O)c1cc(S(=O)(=O)Cl)cn1C. The van der Waals surface area contributed by atoms with Crippen LogP contribution >= 0.6 is 10.7 Å². The van der Waals surface area contributed by atoms with Crippen molar-refractivity contribution in [1.82, 2.24) is 4.57 Å². The topological polar surface area (TPSA) is 65.4 Å². The highest BCUT2D eigenvalue weighted by Crippen LogP contribution is 2.18. The fourth-order valence-electron chi connectivity index (χ4n) is 1.46. The highest BCUT2D eigenvalue weighted by atomic mass is 35.7. The first kappa shape index (κ1) is 15.0. The van der Waals surface area contributed by atoms with Gasteiger partial charge in [0.1, 0.15) is 10.6 Å². The Hall–Kier alpha value is -1.01. The molecule has 0 fully saturated rings. The number of hydrogen-bond acceptors (Lipinski definition) is 4. The number of carbonyl (C=O) groups excluding carboxylic acids is 1. The summed E-state index contributed by atoms with van der Waals surface area (Å²) in [5, 5.41) is 0. The summed E-state index contributed by atoms with van der Waals surface area (Å²) in [5.74, 6) is -0.542. The lowest BCUT2D eigenvalue weighted by atomic mass is 10.3. The Morgan fingerprint density at radius 3 is 2.61 bits per heavy atom. The van der Waals surface area contributed by atoms with Crippen molar-refractivity contribution in [2.45, 2.75) is 31.1 Å². The molecule has 1 aromatic heterocycles. The van der Waals surface area contributed by atoms with E-state index in [-0.39, 0.29) is 10.6 Å². The number of unbranched alkanes of at least 4 members (excludes halogenated alkanes) is 2. The number of halogens is 1. The van der Waals surface area contributed by atoms with Crippen LogP contribution in [0, 0.1) is 0 Å². The van der Waals surface area contributed by atoms with Crippen molar-refractivity contribution < 1.29 is 17.9 Å². The Bertz CT molecular complexity index is 521. The van der Waals surface area contributed by atoms with Crippen molar-refractivity contribution in [2.75, 3.05) is 6.61 Å². The number of nitrogens with zero attached hydrogens (tertiary/aromatic N) is 1. The maximum absolute atomic E-state index is 11.7. The van der Waals surface area contributed by atoms with Crippen LogP contribution in [0.5, 0.6) is 0 Å². The molecular weight excluding hydrogens is 278 g/mol. The molecule has 1 rings (SSSR count). The van der Waals surface area contributed by atoms with Gasteiger partial charge in [-0.15, -0.1) is 0 Å². The van der Waals surface area contributed by atoms with Gasteiger partial charge in [-0.2, -0.15) is 0 Å². The van der Waals surface area contributed by atoms with Crippen molar-refractivity contribution in [2.24, 2.45) is 7.05 Å². The van der Waals surface area contributed by atoms with Crippen LogP contribution in [0.4, 0.5) is 0 Å². The second-order valence-electron chi connectivity index (χ2n) is 3.95. The molecule has 5 nitrogen and oxygen atoms in total. The lowest BCUT2D eigenvalue weighted by Gasteiger charge is -2.04. The highest BCUT2D eigenvalue weighted by molar-refractivity contribution is 8.13. The summed E-state index contributed by atoms with van der Waals surface area (Å²) in [7, 11) is 2.94. The second kappa shape index (κ2) is 6.24. The minimum absolute atomic E-state index is 0.104. The Morgan fingerprint density at radius 1 is 1.44 bits per heavy atom. The van der Waals surface area contributed by atoms with Crippen LogP contribution in [-0.2, 0) is 20.8 Å². The standard InChI is InChI=1S/C11H16ClNO4S/c1-3-4-5-6-17-11(14)10-7-9(8-13(10)2)18(12,15)16/h7-8H,3-6H2,1-2H3. The third-order valence-corrected chi connectivity index (χ3v) is 3.77. The van der Waals surface area contributed by atoms with E-state index in [0.29, 0.717) is 6.61 Å². The Morgan fingerprint density at radius 2 is 2.11 bits per heavy atom. The Balaban J connectivity index is 2.72. The van der Waals surface area contributed by atoms with Gasteiger partial charge in [-0.25, -0.2) is 13.2 Å².